The maximum absolute atomic E-state index is 11.6. The Kier molecular flexibility index (Phi) is 4.51. The summed E-state index contributed by atoms with van der Waals surface area (Å²) in [4.78, 5) is 13.4. The molecular weight excluding hydrogens is 230 g/mol. The number of nitrogens with two attached hydrogens (primary N) is 1. The molecule has 0 bridgehead atoms. The molecule has 7 heteroatoms. The first-order valence-electron chi connectivity index (χ1n) is 4.86. The SMILES string of the molecule is CCOC(=O)c1c(N)nsc1N(C)CCO. The molecule has 0 unspecified atom stereocenters. The summed E-state index contributed by atoms with van der Waals surface area (Å²) in [5.74, 6) is -0.309. The van der Waals surface area contributed by atoms with Gasteiger partial charge in [-0.05, 0) is 18.5 Å². The number of ether oxygens (including phenoxy) is 1. The van der Waals surface area contributed by atoms with Crippen LogP contribution in [0.1, 0.15) is 17.3 Å². The normalized spacial score (nSPS) is 10.2. The van der Waals surface area contributed by atoms with Gasteiger partial charge in [-0.1, -0.05) is 0 Å². The predicted molar refractivity (Wildman–Crippen MR) is 62.8 cm³/mol. The predicted octanol–water partition coefficient (Wildman–Crippen LogP) is 0.330. The van der Waals surface area contributed by atoms with Crippen molar-refractivity contribution in [1.82, 2.24) is 4.37 Å². The lowest BCUT2D eigenvalue weighted by atomic mass is 10.3. The second-order valence-electron chi connectivity index (χ2n) is 3.11. The number of esters is 1. The number of aromatic nitrogens is 1. The fourth-order valence-corrected chi connectivity index (χ4v) is 1.99. The number of carbonyl (C=O) groups is 1. The summed E-state index contributed by atoms with van der Waals surface area (Å²) in [6, 6.07) is 0. The van der Waals surface area contributed by atoms with Gasteiger partial charge in [0, 0.05) is 13.6 Å². The summed E-state index contributed by atoms with van der Waals surface area (Å²) < 4.78 is 8.81. The van der Waals surface area contributed by atoms with Crippen molar-refractivity contribution in [3.05, 3.63) is 5.56 Å². The van der Waals surface area contributed by atoms with E-state index >= 15 is 0 Å². The Hall–Kier alpha value is -1.34. The molecule has 1 aromatic heterocycles. The zero-order valence-electron chi connectivity index (χ0n) is 9.27. The second kappa shape index (κ2) is 5.66. The van der Waals surface area contributed by atoms with Crippen LogP contribution in [0.25, 0.3) is 0 Å². The van der Waals surface area contributed by atoms with Gasteiger partial charge in [-0.2, -0.15) is 4.37 Å². The van der Waals surface area contributed by atoms with Crippen LogP contribution in [-0.2, 0) is 4.74 Å². The average Bonchev–Trinajstić information content (AvgIpc) is 2.61. The van der Waals surface area contributed by atoms with E-state index in [2.05, 4.69) is 4.37 Å². The highest BCUT2D eigenvalue weighted by Gasteiger charge is 2.22. The smallest absolute Gasteiger partial charge is 0.345 e. The Balaban J connectivity index is 2.97. The number of anilines is 2. The molecule has 16 heavy (non-hydrogen) atoms. The third-order valence-corrected chi connectivity index (χ3v) is 2.94. The second-order valence-corrected chi connectivity index (χ2v) is 3.87. The quantitative estimate of drug-likeness (QED) is 0.727. The van der Waals surface area contributed by atoms with Crippen LogP contribution >= 0.6 is 11.5 Å². The van der Waals surface area contributed by atoms with E-state index < -0.39 is 5.97 Å². The summed E-state index contributed by atoms with van der Waals surface area (Å²) >= 11 is 1.12. The fourth-order valence-electron chi connectivity index (χ4n) is 1.20. The van der Waals surface area contributed by atoms with Crippen LogP contribution in [0.4, 0.5) is 10.8 Å². The van der Waals surface area contributed by atoms with Crippen molar-refractivity contribution in [3.8, 4) is 0 Å². The molecule has 90 valence electrons. The molecule has 0 amide bonds. The van der Waals surface area contributed by atoms with E-state index in [1.54, 1.807) is 18.9 Å². The first-order chi connectivity index (χ1) is 7.61. The fraction of sp³-hybridized carbons (Fsp3) is 0.556. The van der Waals surface area contributed by atoms with Crippen molar-refractivity contribution in [1.29, 1.82) is 0 Å². The molecule has 0 radical (unpaired) electrons. The van der Waals surface area contributed by atoms with Crippen molar-refractivity contribution in [3.63, 3.8) is 0 Å². The Labute approximate surface area is 97.8 Å². The minimum atomic E-state index is -0.478. The van der Waals surface area contributed by atoms with Crippen LogP contribution in [0, 0.1) is 0 Å². The van der Waals surface area contributed by atoms with E-state index in [-0.39, 0.29) is 24.6 Å². The van der Waals surface area contributed by atoms with Crippen molar-refractivity contribution in [2.75, 3.05) is 37.4 Å². The molecule has 0 saturated carbocycles. The Morgan fingerprint density at radius 3 is 2.94 bits per heavy atom. The molecule has 0 spiro atoms. The molecule has 0 fully saturated rings. The van der Waals surface area contributed by atoms with Gasteiger partial charge >= 0.3 is 5.97 Å². The van der Waals surface area contributed by atoms with Gasteiger partial charge in [0.25, 0.3) is 0 Å². The van der Waals surface area contributed by atoms with Crippen molar-refractivity contribution < 1.29 is 14.6 Å². The monoisotopic (exact) mass is 245 g/mol. The number of nitrogen functional groups attached to an aromatic ring is 1. The number of aliphatic hydroxyl groups is 1. The first kappa shape index (κ1) is 12.7. The Bertz CT molecular complexity index is 367. The van der Waals surface area contributed by atoms with E-state index in [4.69, 9.17) is 15.6 Å². The van der Waals surface area contributed by atoms with Gasteiger partial charge in [0.05, 0.1) is 13.2 Å². The first-order valence-corrected chi connectivity index (χ1v) is 5.63. The summed E-state index contributed by atoms with van der Waals surface area (Å²) in [6.45, 7) is 2.42. The number of carbonyl (C=O) groups excluding carboxylic acids is 1. The lowest BCUT2D eigenvalue weighted by molar-refractivity contribution is 0.0528. The van der Waals surface area contributed by atoms with Gasteiger partial charge in [-0.3, -0.25) is 0 Å². The summed E-state index contributed by atoms with van der Waals surface area (Å²) in [6.07, 6.45) is 0. The minimum Gasteiger partial charge on any atom is -0.462 e. The molecule has 0 aromatic carbocycles. The van der Waals surface area contributed by atoms with E-state index in [9.17, 15) is 4.79 Å². The molecular formula is C9H15N3O3S. The maximum Gasteiger partial charge on any atom is 0.345 e. The van der Waals surface area contributed by atoms with Crippen molar-refractivity contribution in [2.24, 2.45) is 0 Å². The van der Waals surface area contributed by atoms with Gasteiger partial charge in [0.1, 0.15) is 10.6 Å². The number of rotatable bonds is 5. The largest absolute Gasteiger partial charge is 0.462 e. The topological polar surface area (TPSA) is 88.7 Å². The molecule has 3 N–H and O–H groups in total. The number of aliphatic hydroxyl groups excluding tert-OH is 1. The summed E-state index contributed by atoms with van der Waals surface area (Å²) in [5, 5.41) is 9.45. The van der Waals surface area contributed by atoms with Crippen molar-refractivity contribution in [2.45, 2.75) is 6.92 Å². The maximum atomic E-state index is 11.6. The lowest BCUT2D eigenvalue weighted by Crippen LogP contribution is -2.22. The highest BCUT2D eigenvalue weighted by Crippen LogP contribution is 2.30. The molecule has 6 nitrogen and oxygen atoms in total. The highest BCUT2D eigenvalue weighted by molar-refractivity contribution is 7.11. The molecule has 1 rings (SSSR count). The molecule has 0 aliphatic heterocycles. The summed E-state index contributed by atoms with van der Waals surface area (Å²) in [7, 11) is 1.76. The zero-order valence-corrected chi connectivity index (χ0v) is 10.1. The van der Waals surface area contributed by atoms with E-state index in [0.717, 1.165) is 11.5 Å². The van der Waals surface area contributed by atoms with Crippen LogP contribution in [0.5, 0.6) is 0 Å². The molecule has 0 saturated heterocycles. The third-order valence-electron chi connectivity index (χ3n) is 1.96. The van der Waals surface area contributed by atoms with Gasteiger partial charge in [-0.25, -0.2) is 4.79 Å². The van der Waals surface area contributed by atoms with Gasteiger partial charge in [0.2, 0.25) is 0 Å². The molecule has 0 atom stereocenters. The highest BCUT2D eigenvalue weighted by atomic mass is 32.1. The van der Waals surface area contributed by atoms with Crippen LogP contribution < -0.4 is 10.6 Å². The van der Waals surface area contributed by atoms with Gasteiger partial charge < -0.3 is 20.5 Å². The van der Waals surface area contributed by atoms with Crippen molar-refractivity contribution >= 4 is 28.3 Å². The molecule has 1 aromatic rings. The minimum absolute atomic E-state index is 0.00340. The Morgan fingerprint density at radius 1 is 1.69 bits per heavy atom. The van der Waals surface area contributed by atoms with Crippen LogP contribution in [0.15, 0.2) is 0 Å². The van der Waals surface area contributed by atoms with Crippen LogP contribution in [-0.4, -0.2) is 42.3 Å². The number of hydrogen-bond acceptors (Lipinski definition) is 7. The third kappa shape index (κ3) is 2.61. The van der Waals surface area contributed by atoms with Crippen LogP contribution in [0.2, 0.25) is 0 Å². The van der Waals surface area contributed by atoms with E-state index in [0.29, 0.717) is 11.5 Å². The van der Waals surface area contributed by atoms with Gasteiger partial charge in [0.15, 0.2) is 5.82 Å². The lowest BCUT2D eigenvalue weighted by Gasteiger charge is -2.16. The van der Waals surface area contributed by atoms with E-state index in [1.165, 1.54) is 0 Å². The molecule has 1 heterocycles. The summed E-state index contributed by atoms with van der Waals surface area (Å²) in [5.41, 5.74) is 5.90. The Morgan fingerprint density at radius 2 is 2.38 bits per heavy atom. The van der Waals surface area contributed by atoms with E-state index in [1.807, 2.05) is 0 Å². The average molecular weight is 245 g/mol. The number of hydrogen-bond donors (Lipinski definition) is 2. The van der Waals surface area contributed by atoms with Gasteiger partial charge in [-0.15, -0.1) is 0 Å². The number of likely N-dealkylation sites (N-methyl/N-ethyl adjacent to an activating group) is 1. The van der Waals surface area contributed by atoms with Crippen LogP contribution in [0.3, 0.4) is 0 Å². The molecule has 0 aliphatic rings. The standard InChI is InChI=1S/C9H15N3O3S/c1-3-15-9(14)6-7(10)11-16-8(6)12(2)4-5-13/h13H,3-5H2,1-2H3,(H2,10,11). The zero-order chi connectivity index (χ0) is 12.1. The number of nitrogens with zero attached hydrogens (tertiary/aromatic N) is 2. The molecule has 0 aliphatic carbocycles.